The van der Waals surface area contributed by atoms with Crippen molar-refractivity contribution in [3.63, 3.8) is 0 Å². The van der Waals surface area contributed by atoms with Crippen molar-refractivity contribution in [2.45, 2.75) is 76.9 Å². The van der Waals surface area contributed by atoms with Crippen molar-refractivity contribution in [2.24, 2.45) is 5.92 Å². The van der Waals surface area contributed by atoms with Crippen LogP contribution >= 0.6 is 0 Å². The van der Waals surface area contributed by atoms with Crippen LogP contribution in [0.15, 0.2) is 0 Å². The first kappa shape index (κ1) is 15.9. The van der Waals surface area contributed by atoms with E-state index in [-0.39, 0.29) is 23.8 Å². The van der Waals surface area contributed by atoms with E-state index >= 15 is 0 Å². The first-order valence-electron chi connectivity index (χ1n) is 8.05. The van der Waals surface area contributed by atoms with Crippen molar-refractivity contribution in [1.82, 2.24) is 10.2 Å². The monoisotopic (exact) mass is 290 g/mol. The summed E-state index contributed by atoms with van der Waals surface area (Å²) in [5, 5.41) is 3.04. The van der Waals surface area contributed by atoms with Gasteiger partial charge in [-0.15, -0.1) is 12.3 Å². The van der Waals surface area contributed by atoms with Gasteiger partial charge in [-0.2, -0.15) is 0 Å². The molecule has 2 aliphatic rings. The maximum atomic E-state index is 13.1. The van der Waals surface area contributed by atoms with E-state index < -0.39 is 11.6 Å². The zero-order valence-corrected chi connectivity index (χ0v) is 13.3. The number of rotatable bonds is 4. The Balaban J connectivity index is 2.39. The number of amides is 2. The highest BCUT2D eigenvalue weighted by Gasteiger charge is 2.53. The van der Waals surface area contributed by atoms with Gasteiger partial charge in [-0.25, -0.2) is 0 Å². The second kappa shape index (κ2) is 6.09. The second-order valence-corrected chi connectivity index (χ2v) is 6.65. The van der Waals surface area contributed by atoms with Gasteiger partial charge in [0.2, 0.25) is 11.8 Å². The minimum Gasteiger partial charge on any atom is -0.340 e. The summed E-state index contributed by atoms with van der Waals surface area (Å²) in [6.07, 6.45) is 10.3. The number of nitrogens with zero attached hydrogens (tertiary/aromatic N) is 1. The molecule has 1 saturated carbocycles. The largest absolute Gasteiger partial charge is 0.340 e. The van der Waals surface area contributed by atoms with Gasteiger partial charge in [-0.3, -0.25) is 9.59 Å². The van der Waals surface area contributed by atoms with Crippen molar-refractivity contribution in [3.8, 4) is 12.3 Å². The summed E-state index contributed by atoms with van der Waals surface area (Å²) in [6, 6.07) is -0.444. The van der Waals surface area contributed by atoms with Crippen molar-refractivity contribution in [2.75, 3.05) is 0 Å². The summed E-state index contributed by atoms with van der Waals surface area (Å²) in [7, 11) is 0. The number of carbonyl (C=O) groups excluding carboxylic acids is 2. The highest BCUT2D eigenvalue weighted by Crippen LogP contribution is 2.37. The first-order chi connectivity index (χ1) is 9.96. The number of carbonyl (C=O) groups is 2. The predicted octanol–water partition coefficient (Wildman–Crippen LogP) is 2.08. The molecule has 0 aromatic carbocycles. The molecule has 2 atom stereocenters. The lowest BCUT2D eigenvalue weighted by molar-refractivity contribution is -0.159. The normalized spacial score (nSPS) is 26.0. The molecule has 1 aliphatic carbocycles. The van der Waals surface area contributed by atoms with Crippen molar-refractivity contribution in [3.05, 3.63) is 0 Å². The van der Waals surface area contributed by atoms with Crippen LogP contribution in [0.3, 0.4) is 0 Å². The number of terminal acetylenes is 1. The molecule has 4 nitrogen and oxygen atoms in total. The van der Waals surface area contributed by atoms with Gasteiger partial charge in [0.15, 0.2) is 0 Å². The van der Waals surface area contributed by atoms with Crippen LogP contribution in [0, 0.1) is 18.3 Å². The molecule has 4 heteroatoms. The molecule has 0 bridgehead atoms. The fraction of sp³-hybridized carbons (Fsp3) is 0.765. The number of nitrogens with one attached hydrogen (secondary N) is 1. The van der Waals surface area contributed by atoms with E-state index in [1.165, 1.54) is 0 Å². The van der Waals surface area contributed by atoms with Crippen LogP contribution in [0.1, 0.15) is 59.3 Å². The standard InChI is InChI=1S/C17H26N2O2/c1-5-9-13(6-2)19-14(12(3)4)15(20)18-17(16(19)21)10-7-8-11-17/h1,12-14H,6-11H2,2-4H3,(H,18,20). The summed E-state index contributed by atoms with van der Waals surface area (Å²) in [4.78, 5) is 27.6. The Hall–Kier alpha value is -1.50. The third-order valence-corrected chi connectivity index (χ3v) is 4.88. The Bertz CT molecular complexity index is 458. The second-order valence-electron chi connectivity index (χ2n) is 6.65. The fourth-order valence-electron chi connectivity index (χ4n) is 3.77. The molecular formula is C17H26N2O2. The van der Waals surface area contributed by atoms with Crippen molar-refractivity contribution in [1.29, 1.82) is 0 Å². The lowest BCUT2D eigenvalue weighted by Gasteiger charge is -2.48. The molecule has 2 rings (SSSR count). The zero-order valence-electron chi connectivity index (χ0n) is 13.3. The van der Waals surface area contributed by atoms with Gasteiger partial charge in [-0.1, -0.05) is 33.6 Å². The number of hydrogen-bond donors (Lipinski definition) is 1. The van der Waals surface area contributed by atoms with Gasteiger partial charge >= 0.3 is 0 Å². The van der Waals surface area contributed by atoms with Crippen LogP contribution in [-0.4, -0.2) is 34.3 Å². The molecule has 2 fully saturated rings. The molecule has 1 N–H and O–H groups in total. The van der Waals surface area contributed by atoms with Crippen LogP contribution in [-0.2, 0) is 9.59 Å². The van der Waals surface area contributed by atoms with Crippen molar-refractivity contribution < 1.29 is 9.59 Å². The third-order valence-electron chi connectivity index (χ3n) is 4.88. The SMILES string of the molecule is C#CCC(CC)N1C(=O)C2(CCCC2)NC(=O)C1C(C)C. The average Bonchev–Trinajstić information content (AvgIpc) is 2.89. The summed E-state index contributed by atoms with van der Waals surface area (Å²) in [5.41, 5.74) is -0.662. The summed E-state index contributed by atoms with van der Waals surface area (Å²) >= 11 is 0. The van der Waals surface area contributed by atoms with Crippen LogP contribution in [0.5, 0.6) is 0 Å². The molecule has 1 heterocycles. The van der Waals surface area contributed by atoms with Crippen molar-refractivity contribution >= 4 is 11.8 Å². The smallest absolute Gasteiger partial charge is 0.249 e. The minimum absolute atomic E-state index is 0.0121. The Morgan fingerprint density at radius 3 is 2.48 bits per heavy atom. The minimum atomic E-state index is -0.662. The van der Waals surface area contributed by atoms with E-state index in [9.17, 15) is 9.59 Å². The molecule has 1 saturated heterocycles. The molecular weight excluding hydrogens is 264 g/mol. The van der Waals surface area contributed by atoms with Gasteiger partial charge in [0, 0.05) is 12.5 Å². The van der Waals surface area contributed by atoms with E-state index in [0.717, 1.165) is 32.1 Å². The topological polar surface area (TPSA) is 49.4 Å². The van der Waals surface area contributed by atoms with Gasteiger partial charge in [0.25, 0.3) is 0 Å². The van der Waals surface area contributed by atoms with Gasteiger partial charge in [0.05, 0.1) is 0 Å². The highest BCUT2D eigenvalue weighted by atomic mass is 16.2. The van der Waals surface area contributed by atoms with Crippen LogP contribution in [0.25, 0.3) is 0 Å². The molecule has 116 valence electrons. The molecule has 0 radical (unpaired) electrons. The van der Waals surface area contributed by atoms with E-state index in [4.69, 9.17) is 6.42 Å². The number of piperazine rings is 1. The fourth-order valence-corrected chi connectivity index (χ4v) is 3.77. The van der Waals surface area contributed by atoms with E-state index in [1.54, 1.807) is 0 Å². The molecule has 0 aromatic rings. The van der Waals surface area contributed by atoms with Crippen LogP contribution in [0.2, 0.25) is 0 Å². The quantitative estimate of drug-likeness (QED) is 0.806. The summed E-state index contributed by atoms with van der Waals surface area (Å²) in [6.45, 7) is 6.00. The van der Waals surface area contributed by atoms with Crippen LogP contribution < -0.4 is 5.32 Å². The zero-order chi connectivity index (χ0) is 15.6. The molecule has 2 unspecified atom stereocenters. The van der Waals surface area contributed by atoms with Gasteiger partial charge in [-0.05, 0) is 25.2 Å². The first-order valence-corrected chi connectivity index (χ1v) is 8.05. The predicted molar refractivity (Wildman–Crippen MR) is 82.3 cm³/mol. The maximum Gasteiger partial charge on any atom is 0.249 e. The molecule has 2 amide bonds. The van der Waals surface area contributed by atoms with Gasteiger partial charge < -0.3 is 10.2 Å². The van der Waals surface area contributed by atoms with Crippen LogP contribution in [0.4, 0.5) is 0 Å². The Morgan fingerprint density at radius 2 is 2.00 bits per heavy atom. The summed E-state index contributed by atoms with van der Waals surface area (Å²) in [5.74, 6) is 2.82. The Kier molecular flexibility index (Phi) is 4.61. The lowest BCUT2D eigenvalue weighted by atomic mass is 9.85. The maximum absolute atomic E-state index is 13.1. The highest BCUT2D eigenvalue weighted by molar-refractivity contribution is 6.00. The third kappa shape index (κ3) is 2.66. The molecule has 1 spiro atoms. The molecule has 1 aliphatic heterocycles. The lowest BCUT2D eigenvalue weighted by Crippen LogP contribution is -2.72. The van der Waals surface area contributed by atoms with E-state index in [2.05, 4.69) is 11.2 Å². The molecule has 21 heavy (non-hydrogen) atoms. The number of hydrogen-bond acceptors (Lipinski definition) is 2. The summed E-state index contributed by atoms with van der Waals surface area (Å²) < 4.78 is 0. The van der Waals surface area contributed by atoms with E-state index in [1.807, 2.05) is 25.7 Å². The van der Waals surface area contributed by atoms with Gasteiger partial charge in [0.1, 0.15) is 11.6 Å². The average molecular weight is 290 g/mol. The Morgan fingerprint density at radius 1 is 1.38 bits per heavy atom. The van der Waals surface area contributed by atoms with E-state index in [0.29, 0.717) is 6.42 Å². The Labute approximate surface area is 127 Å². The molecule has 0 aromatic heterocycles.